The fraction of sp³-hybridized carbons (Fsp3) is 0.257. The largest absolute Gasteiger partial charge is 0.352 e. The van der Waals surface area contributed by atoms with Crippen LogP contribution in [0.4, 0.5) is 10.1 Å². The summed E-state index contributed by atoms with van der Waals surface area (Å²) in [6.07, 6.45) is 0.820. The van der Waals surface area contributed by atoms with Crippen molar-refractivity contribution in [3.05, 3.63) is 132 Å². The molecule has 0 bridgehead atoms. The van der Waals surface area contributed by atoms with E-state index in [-0.39, 0.29) is 29.5 Å². The van der Waals surface area contributed by atoms with Gasteiger partial charge in [0.15, 0.2) is 0 Å². The van der Waals surface area contributed by atoms with Crippen LogP contribution in [0.15, 0.2) is 114 Å². The van der Waals surface area contributed by atoms with E-state index in [1.807, 2.05) is 51.1 Å². The molecule has 7 nitrogen and oxygen atoms in total. The first-order chi connectivity index (χ1) is 21.1. The third kappa shape index (κ3) is 8.11. The summed E-state index contributed by atoms with van der Waals surface area (Å²) in [6, 6.07) is 28.8. The normalized spacial score (nSPS) is 12.6. The number of nitrogens with one attached hydrogen (secondary N) is 1. The van der Waals surface area contributed by atoms with Gasteiger partial charge in [0.1, 0.15) is 18.4 Å². The molecule has 0 aromatic heterocycles. The number of anilines is 1. The minimum Gasteiger partial charge on any atom is -0.352 e. The van der Waals surface area contributed by atoms with Crippen LogP contribution in [0.25, 0.3) is 0 Å². The van der Waals surface area contributed by atoms with Crippen LogP contribution in [0.3, 0.4) is 0 Å². The third-order valence-electron chi connectivity index (χ3n) is 7.50. The summed E-state index contributed by atoms with van der Waals surface area (Å²) in [6.45, 7) is 4.85. The third-order valence-corrected chi connectivity index (χ3v) is 9.29. The summed E-state index contributed by atoms with van der Waals surface area (Å²) < 4.78 is 44.0. The van der Waals surface area contributed by atoms with Gasteiger partial charge in [0.05, 0.1) is 10.6 Å². The van der Waals surface area contributed by atoms with Gasteiger partial charge < -0.3 is 10.2 Å². The number of amides is 2. The summed E-state index contributed by atoms with van der Waals surface area (Å²) in [5, 5.41) is 2.97. The van der Waals surface area contributed by atoms with Gasteiger partial charge in [-0.3, -0.25) is 13.9 Å². The standard InChI is InChI=1S/C35H38FN3O4S/c1-4-27(3)37-35(41)33(23-28-13-7-5-8-14-28)38(24-29-15-11-12-18-32(29)36)34(40)25-39(30-21-19-26(2)20-22-30)44(42,43)31-16-9-6-10-17-31/h5-22,27,33H,4,23-25H2,1-3H3,(H,37,41)/t27-,33-/m0/s1. The summed E-state index contributed by atoms with van der Waals surface area (Å²) in [4.78, 5) is 29.5. The van der Waals surface area contributed by atoms with Gasteiger partial charge in [-0.1, -0.05) is 91.3 Å². The summed E-state index contributed by atoms with van der Waals surface area (Å²) in [7, 11) is -4.19. The Morgan fingerprint density at radius 2 is 1.43 bits per heavy atom. The van der Waals surface area contributed by atoms with Crippen molar-refractivity contribution in [2.45, 2.75) is 57.1 Å². The summed E-state index contributed by atoms with van der Waals surface area (Å²) in [5.41, 5.74) is 2.23. The zero-order chi connectivity index (χ0) is 31.7. The molecule has 2 amide bonds. The SMILES string of the molecule is CC[C@H](C)NC(=O)[C@H](Cc1ccccc1)N(Cc1ccccc1F)C(=O)CN(c1ccc(C)cc1)S(=O)(=O)c1ccccc1. The van der Waals surface area contributed by atoms with Gasteiger partial charge in [-0.15, -0.1) is 0 Å². The maximum atomic E-state index is 15.0. The van der Waals surface area contributed by atoms with Gasteiger partial charge in [-0.25, -0.2) is 12.8 Å². The number of hydrogen-bond acceptors (Lipinski definition) is 4. The van der Waals surface area contributed by atoms with E-state index in [0.29, 0.717) is 12.1 Å². The van der Waals surface area contributed by atoms with Crippen LogP contribution in [0.2, 0.25) is 0 Å². The Bertz CT molecular complexity index is 1650. The molecule has 0 fully saturated rings. The molecule has 0 unspecified atom stereocenters. The average molecular weight is 616 g/mol. The Kier molecular flexibility index (Phi) is 10.9. The molecule has 0 radical (unpaired) electrons. The molecule has 0 aliphatic heterocycles. The van der Waals surface area contributed by atoms with E-state index in [4.69, 9.17) is 0 Å². The second-order valence-corrected chi connectivity index (χ2v) is 12.7. The van der Waals surface area contributed by atoms with Gasteiger partial charge in [0.25, 0.3) is 10.0 Å². The molecule has 4 aromatic carbocycles. The Labute approximate surface area is 259 Å². The van der Waals surface area contributed by atoms with Crippen molar-refractivity contribution in [1.29, 1.82) is 0 Å². The monoisotopic (exact) mass is 615 g/mol. The number of nitrogens with zero attached hydrogens (tertiary/aromatic N) is 2. The van der Waals surface area contributed by atoms with Crippen molar-refractivity contribution in [2.75, 3.05) is 10.8 Å². The van der Waals surface area contributed by atoms with Gasteiger partial charge in [-0.05, 0) is 56.2 Å². The van der Waals surface area contributed by atoms with Crippen LogP contribution in [0.5, 0.6) is 0 Å². The van der Waals surface area contributed by atoms with E-state index in [1.165, 1.54) is 23.1 Å². The average Bonchev–Trinajstić information content (AvgIpc) is 3.03. The maximum absolute atomic E-state index is 15.0. The highest BCUT2D eigenvalue weighted by atomic mass is 32.2. The van der Waals surface area contributed by atoms with Crippen LogP contribution in [-0.4, -0.2) is 43.8 Å². The molecule has 4 rings (SSSR count). The number of aryl methyl sites for hydroxylation is 1. The van der Waals surface area contributed by atoms with Crippen molar-refractivity contribution < 1.29 is 22.4 Å². The first kappa shape index (κ1) is 32.4. The molecular weight excluding hydrogens is 577 g/mol. The van der Waals surface area contributed by atoms with Crippen molar-refractivity contribution in [1.82, 2.24) is 10.2 Å². The summed E-state index contributed by atoms with van der Waals surface area (Å²) >= 11 is 0. The molecule has 0 heterocycles. The van der Waals surface area contributed by atoms with Crippen LogP contribution >= 0.6 is 0 Å². The quantitative estimate of drug-likeness (QED) is 0.203. The Morgan fingerprint density at radius 3 is 2.05 bits per heavy atom. The zero-order valence-electron chi connectivity index (χ0n) is 25.2. The molecule has 1 N–H and O–H groups in total. The highest BCUT2D eigenvalue weighted by Crippen LogP contribution is 2.25. The first-order valence-electron chi connectivity index (χ1n) is 14.6. The molecule has 0 spiro atoms. The lowest BCUT2D eigenvalue weighted by Crippen LogP contribution is -2.54. The van der Waals surface area contributed by atoms with E-state index < -0.39 is 40.2 Å². The van der Waals surface area contributed by atoms with Crippen LogP contribution in [-0.2, 0) is 32.6 Å². The van der Waals surface area contributed by atoms with Crippen molar-refractivity contribution in [3.8, 4) is 0 Å². The summed E-state index contributed by atoms with van der Waals surface area (Å²) in [5.74, 6) is -1.58. The molecule has 0 aliphatic carbocycles. The predicted molar refractivity (Wildman–Crippen MR) is 171 cm³/mol. The molecule has 0 saturated heterocycles. The second-order valence-electron chi connectivity index (χ2n) is 10.8. The van der Waals surface area contributed by atoms with Crippen molar-refractivity contribution in [3.63, 3.8) is 0 Å². The lowest BCUT2D eigenvalue weighted by molar-refractivity contribution is -0.140. The van der Waals surface area contributed by atoms with Gasteiger partial charge in [-0.2, -0.15) is 0 Å². The van der Waals surface area contributed by atoms with E-state index in [9.17, 15) is 18.0 Å². The van der Waals surface area contributed by atoms with Crippen molar-refractivity contribution >= 4 is 27.5 Å². The molecule has 0 aliphatic rings. The Balaban J connectivity index is 1.80. The molecule has 2 atom stereocenters. The molecule has 44 heavy (non-hydrogen) atoms. The first-order valence-corrected chi connectivity index (χ1v) is 16.1. The molecule has 230 valence electrons. The Hall–Kier alpha value is -4.50. The minimum atomic E-state index is -4.19. The molecule has 4 aromatic rings. The van der Waals surface area contributed by atoms with Crippen LogP contribution in [0, 0.1) is 12.7 Å². The highest BCUT2D eigenvalue weighted by Gasteiger charge is 2.35. The number of benzene rings is 4. The van der Waals surface area contributed by atoms with E-state index >= 15 is 4.39 Å². The lowest BCUT2D eigenvalue weighted by atomic mass is 10.0. The lowest BCUT2D eigenvalue weighted by Gasteiger charge is -2.34. The van der Waals surface area contributed by atoms with Gasteiger partial charge >= 0.3 is 0 Å². The van der Waals surface area contributed by atoms with Gasteiger partial charge in [0, 0.05) is 24.6 Å². The fourth-order valence-corrected chi connectivity index (χ4v) is 6.20. The highest BCUT2D eigenvalue weighted by molar-refractivity contribution is 7.92. The van der Waals surface area contributed by atoms with Crippen molar-refractivity contribution in [2.24, 2.45) is 0 Å². The van der Waals surface area contributed by atoms with Gasteiger partial charge in [0.2, 0.25) is 11.8 Å². The fourth-order valence-electron chi connectivity index (χ4n) is 4.76. The predicted octanol–water partition coefficient (Wildman–Crippen LogP) is 5.88. The number of carbonyl (C=O) groups excluding carboxylic acids is 2. The molecule has 9 heteroatoms. The van der Waals surface area contributed by atoms with E-state index in [1.54, 1.807) is 60.7 Å². The topological polar surface area (TPSA) is 86.8 Å². The van der Waals surface area contributed by atoms with Crippen LogP contribution < -0.4 is 9.62 Å². The Morgan fingerprint density at radius 1 is 0.841 bits per heavy atom. The van der Waals surface area contributed by atoms with Crippen LogP contribution in [0.1, 0.15) is 37.0 Å². The zero-order valence-corrected chi connectivity index (χ0v) is 26.0. The maximum Gasteiger partial charge on any atom is 0.264 e. The number of carbonyl (C=O) groups is 2. The number of sulfonamides is 1. The smallest absolute Gasteiger partial charge is 0.264 e. The van der Waals surface area contributed by atoms with E-state index in [0.717, 1.165) is 15.4 Å². The number of hydrogen-bond donors (Lipinski definition) is 1. The molecule has 0 saturated carbocycles. The number of halogens is 1. The number of rotatable bonds is 13. The van der Waals surface area contributed by atoms with E-state index in [2.05, 4.69) is 5.32 Å². The second kappa shape index (κ2) is 14.8. The minimum absolute atomic E-state index is 0.0179. The molecular formula is C35H38FN3O4S.